The second kappa shape index (κ2) is 22.4. The maximum atomic E-state index is 14.6. The Labute approximate surface area is 352 Å². The van der Waals surface area contributed by atoms with Gasteiger partial charge in [0.05, 0.1) is 6.54 Å². The number of fused-ring (bicyclic) bond motifs is 1. The SMILES string of the molecule is CC(C)C[C@H](NC(=O)[C@H](CCC(=O)O)NC(=O)CN)C(=O)N[C@@H](Cc1c[nH]c2ccccc12)C(=O)N[C@@H](Cc1ccccc1)C(=O)N1CCC[C@H]1C(=O)N[C@@H](CS)C(=O)O. The molecule has 60 heavy (non-hydrogen) atoms. The Morgan fingerprint density at radius 3 is 2.08 bits per heavy atom. The van der Waals surface area contributed by atoms with Gasteiger partial charge < -0.3 is 52.4 Å². The van der Waals surface area contributed by atoms with Crippen LogP contribution in [0.4, 0.5) is 0 Å². The molecule has 4 rings (SSSR count). The number of amides is 6. The van der Waals surface area contributed by atoms with E-state index in [2.05, 4.69) is 44.2 Å². The molecular weight excluding hydrogens is 797 g/mol. The number of para-hydroxylation sites is 1. The lowest BCUT2D eigenvalue weighted by molar-refractivity contribution is -0.144. The number of hydrogen-bond donors (Lipinski definition) is 10. The molecule has 3 aromatic rings. The summed E-state index contributed by atoms with van der Waals surface area (Å²) in [6, 6.07) is 8.81. The van der Waals surface area contributed by atoms with Gasteiger partial charge >= 0.3 is 11.9 Å². The molecule has 0 spiro atoms. The van der Waals surface area contributed by atoms with Gasteiger partial charge in [-0.1, -0.05) is 62.4 Å². The first kappa shape index (κ1) is 46.7. The summed E-state index contributed by atoms with van der Waals surface area (Å²) in [4.78, 5) is 110. The number of nitrogens with two attached hydrogens (primary N) is 1. The van der Waals surface area contributed by atoms with Crippen molar-refractivity contribution in [1.29, 1.82) is 0 Å². The molecule has 6 atom stereocenters. The van der Waals surface area contributed by atoms with Crippen LogP contribution in [0.25, 0.3) is 10.9 Å². The van der Waals surface area contributed by atoms with Crippen molar-refractivity contribution in [3.05, 3.63) is 71.9 Å². The first-order chi connectivity index (χ1) is 28.6. The van der Waals surface area contributed by atoms with Gasteiger partial charge in [0.15, 0.2) is 0 Å². The van der Waals surface area contributed by atoms with Gasteiger partial charge in [0.25, 0.3) is 0 Å². The van der Waals surface area contributed by atoms with Gasteiger partial charge in [-0.05, 0) is 48.8 Å². The van der Waals surface area contributed by atoms with Crippen LogP contribution in [0.2, 0.25) is 0 Å². The Morgan fingerprint density at radius 2 is 1.43 bits per heavy atom. The highest BCUT2D eigenvalue weighted by molar-refractivity contribution is 7.80. The van der Waals surface area contributed by atoms with Crippen molar-refractivity contribution in [2.45, 2.75) is 95.0 Å². The second-order valence-corrected chi connectivity index (χ2v) is 15.5. The maximum absolute atomic E-state index is 14.6. The largest absolute Gasteiger partial charge is 0.481 e. The molecule has 1 aliphatic heterocycles. The van der Waals surface area contributed by atoms with Gasteiger partial charge in [-0.3, -0.25) is 33.6 Å². The van der Waals surface area contributed by atoms with Gasteiger partial charge in [0.1, 0.15) is 36.3 Å². The van der Waals surface area contributed by atoms with Crippen LogP contribution in [0.15, 0.2) is 60.8 Å². The Hall–Kier alpha value is -5.95. The molecule has 10 N–H and O–H groups in total. The highest BCUT2D eigenvalue weighted by Crippen LogP contribution is 2.22. The average molecular weight is 851 g/mol. The first-order valence-corrected chi connectivity index (χ1v) is 20.4. The molecule has 0 radical (unpaired) electrons. The Morgan fingerprint density at radius 1 is 0.800 bits per heavy atom. The van der Waals surface area contributed by atoms with Gasteiger partial charge in [-0.2, -0.15) is 12.6 Å². The minimum Gasteiger partial charge on any atom is -0.481 e. The van der Waals surface area contributed by atoms with Crippen LogP contribution >= 0.6 is 12.6 Å². The molecule has 0 aliphatic carbocycles. The van der Waals surface area contributed by atoms with Gasteiger partial charge in [0.2, 0.25) is 35.4 Å². The van der Waals surface area contributed by atoms with E-state index in [1.54, 1.807) is 36.5 Å². The zero-order valence-corrected chi connectivity index (χ0v) is 34.4. The van der Waals surface area contributed by atoms with Crippen molar-refractivity contribution in [1.82, 2.24) is 36.5 Å². The van der Waals surface area contributed by atoms with E-state index >= 15 is 0 Å². The third-order valence-electron chi connectivity index (χ3n) is 10.1. The van der Waals surface area contributed by atoms with E-state index in [0.717, 1.165) is 10.9 Å². The summed E-state index contributed by atoms with van der Waals surface area (Å²) in [5, 5.41) is 32.6. The third-order valence-corrected chi connectivity index (χ3v) is 10.5. The number of aromatic amines is 1. The summed E-state index contributed by atoms with van der Waals surface area (Å²) >= 11 is 4.02. The first-order valence-electron chi connectivity index (χ1n) is 19.8. The molecule has 0 bridgehead atoms. The van der Waals surface area contributed by atoms with Crippen molar-refractivity contribution in [3.8, 4) is 0 Å². The van der Waals surface area contributed by atoms with Crippen molar-refractivity contribution in [3.63, 3.8) is 0 Å². The van der Waals surface area contributed by atoms with Crippen LogP contribution in [0.1, 0.15) is 57.1 Å². The minimum atomic E-state index is -1.32. The molecule has 0 saturated carbocycles. The predicted molar refractivity (Wildman–Crippen MR) is 223 cm³/mol. The smallest absolute Gasteiger partial charge is 0.327 e. The second-order valence-electron chi connectivity index (χ2n) is 15.1. The number of carbonyl (C=O) groups excluding carboxylic acids is 6. The molecule has 6 amide bonds. The van der Waals surface area contributed by atoms with E-state index in [-0.39, 0.29) is 50.3 Å². The summed E-state index contributed by atoms with van der Waals surface area (Å²) in [5.41, 5.74) is 7.54. The molecule has 1 aliphatic rings. The highest BCUT2D eigenvalue weighted by Gasteiger charge is 2.40. The maximum Gasteiger partial charge on any atom is 0.327 e. The van der Waals surface area contributed by atoms with Gasteiger partial charge in [0, 0.05) is 48.7 Å². The third kappa shape index (κ3) is 13.3. The molecule has 2 aromatic carbocycles. The minimum absolute atomic E-state index is 0.0106. The number of carbonyl (C=O) groups is 8. The normalized spacial score (nSPS) is 16.2. The number of rotatable bonds is 22. The average Bonchev–Trinajstić information content (AvgIpc) is 3.88. The van der Waals surface area contributed by atoms with E-state index < -0.39 is 96.6 Å². The number of benzene rings is 2. The number of carboxylic acids is 2. The topological polar surface area (TPSA) is 282 Å². The van der Waals surface area contributed by atoms with E-state index in [4.69, 9.17) is 5.73 Å². The van der Waals surface area contributed by atoms with E-state index in [1.165, 1.54) is 4.90 Å². The predicted octanol–water partition coefficient (Wildman–Crippen LogP) is 0.252. The molecule has 2 heterocycles. The number of carboxylic acid groups (broad SMARTS) is 2. The van der Waals surface area contributed by atoms with Crippen molar-refractivity contribution >= 4 is 70.9 Å². The molecule has 324 valence electrons. The number of nitrogens with zero attached hydrogens (tertiary/aromatic N) is 1. The van der Waals surface area contributed by atoms with Crippen LogP contribution in [-0.2, 0) is 51.2 Å². The molecular formula is C41H54N8O10S. The van der Waals surface area contributed by atoms with E-state index in [1.807, 2.05) is 38.1 Å². The van der Waals surface area contributed by atoms with Crippen LogP contribution in [0, 0.1) is 5.92 Å². The summed E-state index contributed by atoms with van der Waals surface area (Å²) in [5.74, 6) is -7.08. The lowest BCUT2D eigenvalue weighted by Gasteiger charge is -2.31. The summed E-state index contributed by atoms with van der Waals surface area (Å²) < 4.78 is 0. The van der Waals surface area contributed by atoms with Crippen LogP contribution in [0.5, 0.6) is 0 Å². The van der Waals surface area contributed by atoms with E-state index in [0.29, 0.717) is 17.5 Å². The fraction of sp³-hybridized carbons (Fsp3) is 0.463. The van der Waals surface area contributed by atoms with E-state index in [9.17, 15) is 48.6 Å². The highest BCUT2D eigenvalue weighted by atomic mass is 32.1. The molecule has 0 unspecified atom stereocenters. The van der Waals surface area contributed by atoms with Crippen molar-refractivity contribution in [2.24, 2.45) is 11.7 Å². The summed E-state index contributed by atoms with van der Waals surface area (Å²) in [6.07, 6.45) is 1.73. The number of thiol groups is 1. The fourth-order valence-corrected chi connectivity index (χ4v) is 7.29. The number of nitrogens with one attached hydrogen (secondary N) is 6. The number of aliphatic carboxylic acids is 2. The number of H-pyrrole nitrogens is 1. The molecule has 18 nitrogen and oxygen atoms in total. The zero-order chi connectivity index (χ0) is 43.9. The number of aromatic nitrogens is 1. The summed E-state index contributed by atoms with van der Waals surface area (Å²) in [6.45, 7) is 3.33. The quantitative estimate of drug-likeness (QED) is 0.0612. The molecule has 1 saturated heterocycles. The molecule has 1 fully saturated rings. The van der Waals surface area contributed by atoms with Crippen LogP contribution in [-0.4, -0.2) is 123 Å². The van der Waals surface area contributed by atoms with Crippen molar-refractivity contribution in [2.75, 3.05) is 18.8 Å². The molecule has 1 aromatic heterocycles. The Kier molecular flexibility index (Phi) is 17.5. The number of likely N-dealkylation sites (tertiary alicyclic amines) is 1. The van der Waals surface area contributed by atoms with Crippen molar-refractivity contribution < 1.29 is 48.6 Å². The number of hydrogen-bond acceptors (Lipinski definition) is 10. The molecule has 19 heteroatoms. The standard InChI is InChI=1S/C41H54N8O10S/c1-23(2)17-29(45-36(53)28(14-15-35(51)52)44-34(50)20-42)37(54)46-30(19-25-21-43-27-12-7-6-11-26(25)27)38(55)47-31(18-24-9-4-3-5-10-24)40(57)49-16-8-13-33(49)39(56)48-32(22-60)41(58)59/h3-7,9-12,21,23,28-33,43,60H,8,13-20,22,42H2,1-2H3,(H,44,50)(H,45,53)(H,46,54)(H,47,55)(H,48,56)(H,51,52)(H,58,59)/t28-,29-,30-,31-,32-,33-/m0/s1. The fourth-order valence-electron chi connectivity index (χ4n) is 7.05. The lowest BCUT2D eigenvalue weighted by atomic mass is 9.99. The Balaban J connectivity index is 1.66. The van der Waals surface area contributed by atoms with Crippen LogP contribution < -0.4 is 32.3 Å². The van der Waals surface area contributed by atoms with Gasteiger partial charge in [-0.25, -0.2) is 4.79 Å². The Bertz CT molecular complexity index is 2010. The monoisotopic (exact) mass is 850 g/mol. The summed E-state index contributed by atoms with van der Waals surface area (Å²) in [7, 11) is 0. The van der Waals surface area contributed by atoms with Crippen LogP contribution in [0.3, 0.4) is 0 Å². The van der Waals surface area contributed by atoms with Gasteiger partial charge in [-0.15, -0.1) is 0 Å². The zero-order valence-electron chi connectivity index (χ0n) is 33.5. The lowest BCUT2D eigenvalue weighted by Crippen LogP contribution is -2.60.